The van der Waals surface area contributed by atoms with E-state index in [1.807, 2.05) is 25.4 Å². The molecule has 2 aromatic rings. The first kappa shape index (κ1) is 17.8. The van der Waals surface area contributed by atoms with Crippen molar-refractivity contribution in [3.8, 4) is 0 Å². The van der Waals surface area contributed by atoms with Crippen LogP contribution in [0.4, 0.5) is 5.69 Å². The van der Waals surface area contributed by atoms with Crippen LogP contribution in [0.25, 0.3) is 0 Å². The number of fused-ring (bicyclic) bond motifs is 1. The molecule has 1 aromatic carbocycles. The molecule has 5 nitrogen and oxygen atoms in total. The van der Waals surface area contributed by atoms with Gasteiger partial charge in [-0.1, -0.05) is 31.4 Å². The molecule has 1 atom stereocenters. The molecule has 2 aliphatic carbocycles. The van der Waals surface area contributed by atoms with E-state index < -0.39 is 0 Å². The smallest absolute Gasteiger partial charge is 0.263 e. The molecule has 1 amide bonds. The number of hydrogen-bond donors (Lipinski definition) is 2. The fourth-order valence-corrected chi connectivity index (χ4v) is 4.59. The summed E-state index contributed by atoms with van der Waals surface area (Å²) in [6, 6.07) is 9.84. The predicted octanol–water partition coefficient (Wildman–Crippen LogP) is 3.49. The topological polar surface area (TPSA) is 63.1 Å². The number of carbonyl (C=O) groups is 1. The zero-order valence-electron chi connectivity index (χ0n) is 15.8. The second kappa shape index (κ2) is 7.59. The van der Waals surface area contributed by atoms with Crippen molar-refractivity contribution in [1.29, 1.82) is 0 Å². The van der Waals surface area contributed by atoms with Gasteiger partial charge < -0.3 is 15.2 Å². The monoisotopic (exact) mass is 365 g/mol. The molecule has 0 radical (unpaired) electrons. The summed E-state index contributed by atoms with van der Waals surface area (Å²) in [4.78, 5) is 25.8. The molecular weight excluding hydrogens is 338 g/mol. The van der Waals surface area contributed by atoms with Crippen LogP contribution >= 0.6 is 0 Å². The standard InChI is InChI=1S/C22H27N3O2/c1-23-19-11-5-9-17-16(19)12-13-20(17)25-14-6-10-18(22(25)27)21(26)24-15-7-3-2-4-8-15/h5-6,9-11,14-15,20,23H,2-4,7-8,12-13H2,1H3,(H,24,26). The van der Waals surface area contributed by atoms with Crippen LogP contribution in [0.15, 0.2) is 41.3 Å². The molecule has 1 unspecified atom stereocenters. The van der Waals surface area contributed by atoms with Crippen molar-refractivity contribution >= 4 is 11.6 Å². The molecule has 0 bridgehead atoms. The first-order chi connectivity index (χ1) is 13.2. The summed E-state index contributed by atoms with van der Waals surface area (Å²) in [5.74, 6) is -0.233. The molecule has 0 spiro atoms. The molecule has 1 heterocycles. The first-order valence-electron chi connectivity index (χ1n) is 10.0. The Morgan fingerprint density at radius 3 is 2.67 bits per heavy atom. The first-order valence-corrected chi connectivity index (χ1v) is 10.0. The van der Waals surface area contributed by atoms with Crippen LogP contribution in [-0.4, -0.2) is 23.6 Å². The van der Waals surface area contributed by atoms with Crippen LogP contribution in [-0.2, 0) is 6.42 Å². The molecule has 1 saturated carbocycles. The van der Waals surface area contributed by atoms with Crippen molar-refractivity contribution in [2.24, 2.45) is 0 Å². The SMILES string of the molecule is CNc1cccc2c1CCC2n1cccc(C(=O)NC2CCCCC2)c1=O. The van der Waals surface area contributed by atoms with E-state index in [0.717, 1.165) is 44.2 Å². The van der Waals surface area contributed by atoms with Crippen LogP contribution in [0.3, 0.4) is 0 Å². The Balaban J connectivity index is 1.62. The minimum atomic E-state index is -0.233. The number of rotatable bonds is 4. The van der Waals surface area contributed by atoms with E-state index in [-0.39, 0.29) is 29.1 Å². The van der Waals surface area contributed by atoms with Crippen molar-refractivity contribution in [1.82, 2.24) is 9.88 Å². The maximum absolute atomic E-state index is 13.1. The van der Waals surface area contributed by atoms with E-state index in [4.69, 9.17) is 0 Å². The highest BCUT2D eigenvalue weighted by Gasteiger charge is 2.28. The van der Waals surface area contributed by atoms with Gasteiger partial charge in [-0.25, -0.2) is 0 Å². The third-order valence-electron chi connectivity index (χ3n) is 6.00. The summed E-state index contributed by atoms with van der Waals surface area (Å²) in [5, 5.41) is 6.31. The Kier molecular flexibility index (Phi) is 5.01. The van der Waals surface area contributed by atoms with Crippen molar-refractivity contribution in [3.63, 3.8) is 0 Å². The number of hydrogen-bond acceptors (Lipinski definition) is 3. The minimum Gasteiger partial charge on any atom is -0.388 e. The summed E-state index contributed by atoms with van der Waals surface area (Å²) in [5.41, 5.74) is 3.62. The molecule has 0 aliphatic heterocycles. The Morgan fingerprint density at radius 2 is 1.89 bits per heavy atom. The third-order valence-corrected chi connectivity index (χ3v) is 6.00. The zero-order valence-corrected chi connectivity index (χ0v) is 15.8. The second-order valence-electron chi connectivity index (χ2n) is 7.62. The molecule has 0 saturated heterocycles. The zero-order chi connectivity index (χ0) is 18.8. The predicted molar refractivity (Wildman–Crippen MR) is 107 cm³/mol. The summed E-state index contributed by atoms with van der Waals surface area (Å²) >= 11 is 0. The Hall–Kier alpha value is -2.56. The number of anilines is 1. The quantitative estimate of drug-likeness (QED) is 0.872. The molecule has 4 rings (SSSR count). The van der Waals surface area contributed by atoms with Crippen LogP contribution in [0.2, 0.25) is 0 Å². The average Bonchev–Trinajstić information content (AvgIpc) is 3.13. The van der Waals surface area contributed by atoms with Crippen molar-refractivity contribution < 1.29 is 4.79 Å². The Morgan fingerprint density at radius 1 is 1.07 bits per heavy atom. The molecular formula is C22H27N3O2. The van der Waals surface area contributed by atoms with Crippen molar-refractivity contribution in [2.75, 3.05) is 12.4 Å². The van der Waals surface area contributed by atoms with Gasteiger partial charge >= 0.3 is 0 Å². The highest BCUT2D eigenvalue weighted by molar-refractivity contribution is 5.94. The van der Waals surface area contributed by atoms with E-state index in [1.165, 1.54) is 17.5 Å². The fourth-order valence-electron chi connectivity index (χ4n) is 4.59. The van der Waals surface area contributed by atoms with Gasteiger partial charge in [0.1, 0.15) is 5.56 Å². The van der Waals surface area contributed by atoms with Gasteiger partial charge in [-0.3, -0.25) is 9.59 Å². The van der Waals surface area contributed by atoms with Gasteiger partial charge in [0.25, 0.3) is 11.5 Å². The van der Waals surface area contributed by atoms with E-state index in [1.54, 1.807) is 10.6 Å². The van der Waals surface area contributed by atoms with Crippen molar-refractivity contribution in [2.45, 2.75) is 57.0 Å². The summed E-state index contributed by atoms with van der Waals surface area (Å²) < 4.78 is 1.74. The molecule has 142 valence electrons. The van der Waals surface area contributed by atoms with Gasteiger partial charge in [0.05, 0.1) is 6.04 Å². The molecule has 5 heteroatoms. The third kappa shape index (κ3) is 3.38. The molecule has 1 aromatic heterocycles. The highest BCUT2D eigenvalue weighted by atomic mass is 16.2. The van der Waals surface area contributed by atoms with Crippen LogP contribution < -0.4 is 16.2 Å². The lowest BCUT2D eigenvalue weighted by Crippen LogP contribution is -2.40. The van der Waals surface area contributed by atoms with Gasteiger partial charge in [0, 0.05) is 25.0 Å². The Bertz CT molecular complexity index is 897. The van der Waals surface area contributed by atoms with Gasteiger partial charge in [0.15, 0.2) is 0 Å². The second-order valence-corrected chi connectivity index (χ2v) is 7.62. The summed E-state index contributed by atoms with van der Waals surface area (Å²) in [6.45, 7) is 0. The molecule has 2 aliphatic rings. The van der Waals surface area contributed by atoms with Crippen molar-refractivity contribution in [3.05, 3.63) is 63.6 Å². The van der Waals surface area contributed by atoms with E-state index in [9.17, 15) is 9.59 Å². The minimum absolute atomic E-state index is 0.0109. The maximum atomic E-state index is 13.1. The number of aromatic nitrogens is 1. The Labute approximate surface area is 159 Å². The van der Waals surface area contributed by atoms with Gasteiger partial charge in [0.2, 0.25) is 0 Å². The summed E-state index contributed by atoms with van der Waals surface area (Å²) in [6.07, 6.45) is 9.17. The molecule has 1 fully saturated rings. The molecule has 27 heavy (non-hydrogen) atoms. The summed E-state index contributed by atoms with van der Waals surface area (Å²) in [7, 11) is 1.92. The van der Waals surface area contributed by atoms with Gasteiger partial charge in [-0.2, -0.15) is 0 Å². The number of amides is 1. The van der Waals surface area contributed by atoms with E-state index in [2.05, 4.69) is 22.8 Å². The maximum Gasteiger partial charge on any atom is 0.263 e. The van der Waals surface area contributed by atoms with E-state index >= 15 is 0 Å². The lowest BCUT2D eigenvalue weighted by atomic mass is 9.95. The van der Waals surface area contributed by atoms with Crippen LogP contribution in [0, 0.1) is 0 Å². The van der Waals surface area contributed by atoms with Crippen LogP contribution in [0.1, 0.15) is 66.1 Å². The largest absolute Gasteiger partial charge is 0.388 e. The van der Waals surface area contributed by atoms with E-state index in [0.29, 0.717) is 0 Å². The number of carbonyl (C=O) groups excluding carboxylic acids is 1. The van der Waals surface area contributed by atoms with Gasteiger partial charge in [-0.05, 0) is 55.0 Å². The fraction of sp³-hybridized carbons (Fsp3) is 0.455. The average molecular weight is 365 g/mol. The lowest BCUT2D eigenvalue weighted by molar-refractivity contribution is 0.0925. The normalized spacial score (nSPS) is 19.5. The number of benzene rings is 1. The number of nitrogens with one attached hydrogen (secondary N) is 2. The highest BCUT2D eigenvalue weighted by Crippen LogP contribution is 2.37. The lowest BCUT2D eigenvalue weighted by Gasteiger charge is -2.23. The number of pyridine rings is 1. The van der Waals surface area contributed by atoms with Crippen LogP contribution in [0.5, 0.6) is 0 Å². The number of nitrogens with zero attached hydrogens (tertiary/aromatic N) is 1. The molecule has 2 N–H and O–H groups in total. The van der Waals surface area contributed by atoms with Gasteiger partial charge in [-0.15, -0.1) is 0 Å².